The lowest BCUT2D eigenvalue weighted by molar-refractivity contribution is 0.0915. The summed E-state index contributed by atoms with van der Waals surface area (Å²) in [5.74, 6) is 1.02. The Morgan fingerprint density at radius 2 is 2.04 bits per heavy atom. The summed E-state index contributed by atoms with van der Waals surface area (Å²) in [7, 11) is 3.42. The second-order valence-electron chi connectivity index (χ2n) is 6.80. The van der Waals surface area contributed by atoms with Gasteiger partial charge in [0.2, 0.25) is 0 Å². The van der Waals surface area contributed by atoms with Crippen LogP contribution in [-0.4, -0.2) is 47.4 Å². The molecule has 0 bridgehead atoms. The Morgan fingerprint density at radius 3 is 2.69 bits per heavy atom. The van der Waals surface area contributed by atoms with Gasteiger partial charge in [0.15, 0.2) is 0 Å². The molecule has 1 N–H and O–H groups in total. The molecular weight excluding hydrogens is 334 g/mol. The zero-order valence-electron chi connectivity index (χ0n) is 15.7. The van der Waals surface area contributed by atoms with Crippen LogP contribution in [0.3, 0.4) is 0 Å². The van der Waals surface area contributed by atoms with Gasteiger partial charge in [-0.3, -0.25) is 4.57 Å². The molecule has 0 radical (unpaired) electrons. The monoisotopic (exact) mass is 361 g/mol. The van der Waals surface area contributed by atoms with Crippen LogP contribution in [0.25, 0.3) is 11.0 Å². The van der Waals surface area contributed by atoms with Gasteiger partial charge in [-0.25, -0.2) is 9.59 Å². The standard InChI is InChI=1S/C19H27N3O4/c1-4-5-12-26-19(24)22-10-8-13(9-11-22)16-15(25-3)7-6-14-17(16)21(2)18(23)20-14/h6-7,13H,4-5,8-12H2,1-3H3,(H,20,23). The number of amides is 1. The largest absolute Gasteiger partial charge is 0.496 e. The van der Waals surface area contributed by atoms with Crippen molar-refractivity contribution in [3.05, 3.63) is 28.2 Å². The second-order valence-corrected chi connectivity index (χ2v) is 6.80. The van der Waals surface area contributed by atoms with Crippen LogP contribution in [-0.2, 0) is 11.8 Å². The number of nitrogens with zero attached hydrogens (tertiary/aromatic N) is 2. The summed E-state index contributed by atoms with van der Waals surface area (Å²) >= 11 is 0. The molecule has 2 aromatic rings. The Kier molecular flexibility index (Phi) is 5.54. The number of aryl methyl sites for hydroxylation is 1. The number of rotatable bonds is 5. The molecule has 7 heteroatoms. The summed E-state index contributed by atoms with van der Waals surface area (Å²) in [6.45, 7) is 3.84. The zero-order chi connectivity index (χ0) is 18.7. The van der Waals surface area contributed by atoms with E-state index in [0.29, 0.717) is 19.7 Å². The number of aromatic nitrogens is 2. The molecule has 2 heterocycles. The first-order valence-corrected chi connectivity index (χ1v) is 9.24. The zero-order valence-corrected chi connectivity index (χ0v) is 15.7. The molecule has 1 aliphatic heterocycles. The number of unbranched alkanes of at least 4 members (excludes halogenated alkanes) is 1. The average Bonchev–Trinajstić information content (AvgIpc) is 2.95. The summed E-state index contributed by atoms with van der Waals surface area (Å²) in [5.41, 5.74) is 2.62. The van der Waals surface area contributed by atoms with Crippen LogP contribution >= 0.6 is 0 Å². The van der Waals surface area contributed by atoms with Crippen molar-refractivity contribution < 1.29 is 14.3 Å². The summed E-state index contributed by atoms with van der Waals surface area (Å²) in [4.78, 5) is 28.8. The molecule has 0 unspecified atom stereocenters. The number of carbonyl (C=O) groups is 1. The predicted molar refractivity (Wildman–Crippen MR) is 99.9 cm³/mol. The number of ether oxygens (including phenoxy) is 2. The molecule has 3 rings (SSSR count). The fraction of sp³-hybridized carbons (Fsp3) is 0.579. The number of benzene rings is 1. The first-order chi connectivity index (χ1) is 12.6. The number of hydrogen-bond acceptors (Lipinski definition) is 4. The third-order valence-electron chi connectivity index (χ3n) is 5.16. The lowest BCUT2D eigenvalue weighted by Gasteiger charge is -2.32. The average molecular weight is 361 g/mol. The maximum absolute atomic E-state index is 12.1. The van der Waals surface area contributed by atoms with E-state index >= 15 is 0 Å². The Morgan fingerprint density at radius 1 is 1.31 bits per heavy atom. The minimum Gasteiger partial charge on any atom is -0.496 e. The van der Waals surface area contributed by atoms with Crippen molar-refractivity contribution in [2.24, 2.45) is 7.05 Å². The number of imidazole rings is 1. The van der Waals surface area contributed by atoms with E-state index in [0.717, 1.165) is 48.0 Å². The molecular formula is C19H27N3O4. The molecule has 1 aromatic heterocycles. The normalized spacial score (nSPS) is 15.4. The number of piperidine rings is 1. The van der Waals surface area contributed by atoms with Gasteiger partial charge >= 0.3 is 11.8 Å². The number of likely N-dealkylation sites (tertiary alicyclic amines) is 1. The molecule has 0 aliphatic carbocycles. The summed E-state index contributed by atoms with van der Waals surface area (Å²) in [6, 6.07) is 3.78. The Balaban J connectivity index is 1.79. The molecule has 1 aliphatic rings. The molecule has 1 amide bonds. The first kappa shape index (κ1) is 18.4. The van der Waals surface area contributed by atoms with Crippen LogP contribution < -0.4 is 10.4 Å². The van der Waals surface area contributed by atoms with Crippen molar-refractivity contribution in [1.29, 1.82) is 0 Å². The van der Waals surface area contributed by atoms with Crippen molar-refractivity contribution in [2.45, 2.75) is 38.5 Å². The molecule has 26 heavy (non-hydrogen) atoms. The topological polar surface area (TPSA) is 76.6 Å². The van der Waals surface area contributed by atoms with Gasteiger partial charge in [0, 0.05) is 25.7 Å². The highest BCUT2D eigenvalue weighted by Gasteiger charge is 2.29. The van der Waals surface area contributed by atoms with Gasteiger partial charge in [0.05, 0.1) is 24.8 Å². The minimum absolute atomic E-state index is 0.133. The van der Waals surface area contributed by atoms with Gasteiger partial charge in [0.25, 0.3) is 0 Å². The van der Waals surface area contributed by atoms with E-state index in [4.69, 9.17) is 9.47 Å². The van der Waals surface area contributed by atoms with Crippen LogP contribution in [0.2, 0.25) is 0 Å². The third kappa shape index (κ3) is 3.43. The van der Waals surface area contributed by atoms with Crippen molar-refractivity contribution in [3.63, 3.8) is 0 Å². The Bertz CT molecular complexity index is 831. The van der Waals surface area contributed by atoms with E-state index in [1.165, 1.54) is 0 Å². The molecule has 1 saturated heterocycles. The molecule has 1 fully saturated rings. The summed E-state index contributed by atoms with van der Waals surface area (Å²) in [6.07, 6.45) is 3.31. The SMILES string of the molecule is CCCCOC(=O)N1CCC(c2c(OC)ccc3[nH]c(=O)n(C)c23)CC1. The van der Waals surface area contributed by atoms with Crippen LogP contribution in [0.1, 0.15) is 44.1 Å². The van der Waals surface area contributed by atoms with Crippen molar-refractivity contribution in [1.82, 2.24) is 14.5 Å². The van der Waals surface area contributed by atoms with Gasteiger partial charge in [0.1, 0.15) is 5.75 Å². The molecule has 0 atom stereocenters. The van der Waals surface area contributed by atoms with E-state index < -0.39 is 0 Å². The molecule has 1 aromatic carbocycles. The summed E-state index contributed by atoms with van der Waals surface area (Å²) < 4.78 is 12.5. The Labute approximate surface area is 152 Å². The first-order valence-electron chi connectivity index (χ1n) is 9.24. The quantitative estimate of drug-likeness (QED) is 0.831. The molecule has 0 spiro atoms. The van der Waals surface area contributed by atoms with Gasteiger partial charge in [-0.15, -0.1) is 0 Å². The van der Waals surface area contributed by atoms with Crippen LogP contribution in [0.4, 0.5) is 4.79 Å². The number of aromatic amines is 1. The lowest BCUT2D eigenvalue weighted by Crippen LogP contribution is -2.38. The predicted octanol–water partition coefficient (Wildman–Crippen LogP) is 2.99. The van der Waals surface area contributed by atoms with Gasteiger partial charge in [-0.05, 0) is 37.3 Å². The van der Waals surface area contributed by atoms with Crippen LogP contribution in [0.15, 0.2) is 16.9 Å². The van der Waals surface area contributed by atoms with E-state index in [1.54, 1.807) is 23.6 Å². The van der Waals surface area contributed by atoms with Crippen molar-refractivity contribution in [3.8, 4) is 5.75 Å². The molecule has 142 valence electrons. The third-order valence-corrected chi connectivity index (χ3v) is 5.16. The fourth-order valence-electron chi connectivity index (χ4n) is 3.67. The van der Waals surface area contributed by atoms with E-state index in [2.05, 4.69) is 11.9 Å². The highest BCUT2D eigenvalue weighted by molar-refractivity contribution is 5.82. The van der Waals surface area contributed by atoms with Crippen LogP contribution in [0.5, 0.6) is 5.75 Å². The molecule has 0 saturated carbocycles. The number of methoxy groups -OCH3 is 1. The maximum Gasteiger partial charge on any atom is 0.409 e. The number of H-pyrrole nitrogens is 1. The van der Waals surface area contributed by atoms with Gasteiger partial charge in [-0.1, -0.05) is 13.3 Å². The Hall–Kier alpha value is -2.44. The summed E-state index contributed by atoms with van der Waals surface area (Å²) in [5, 5.41) is 0. The highest BCUT2D eigenvalue weighted by atomic mass is 16.6. The smallest absolute Gasteiger partial charge is 0.409 e. The molecule has 7 nitrogen and oxygen atoms in total. The lowest BCUT2D eigenvalue weighted by atomic mass is 9.88. The minimum atomic E-state index is -0.226. The van der Waals surface area contributed by atoms with Gasteiger partial charge in [-0.2, -0.15) is 0 Å². The van der Waals surface area contributed by atoms with Gasteiger partial charge < -0.3 is 19.4 Å². The van der Waals surface area contributed by atoms with Crippen molar-refractivity contribution >= 4 is 17.1 Å². The number of hydrogen-bond donors (Lipinski definition) is 1. The van der Waals surface area contributed by atoms with Crippen molar-refractivity contribution in [2.75, 3.05) is 26.8 Å². The highest BCUT2D eigenvalue weighted by Crippen LogP contribution is 2.38. The number of nitrogens with one attached hydrogen (secondary N) is 1. The fourth-order valence-corrected chi connectivity index (χ4v) is 3.67. The number of carbonyl (C=O) groups excluding carboxylic acids is 1. The van der Waals surface area contributed by atoms with E-state index in [9.17, 15) is 9.59 Å². The number of fused-ring (bicyclic) bond motifs is 1. The van der Waals surface area contributed by atoms with E-state index in [-0.39, 0.29) is 17.7 Å². The second kappa shape index (κ2) is 7.85. The maximum atomic E-state index is 12.1. The van der Waals surface area contributed by atoms with E-state index in [1.807, 2.05) is 12.1 Å². The van der Waals surface area contributed by atoms with Crippen LogP contribution in [0, 0.1) is 0 Å².